The summed E-state index contributed by atoms with van der Waals surface area (Å²) in [6, 6.07) is 18.2. The summed E-state index contributed by atoms with van der Waals surface area (Å²) in [5.41, 5.74) is 6.80. The molecule has 5 rings (SSSR count). The number of thioether (sulfide) groups is 1. The summed E-state index contributed by atoms with van der Waals surface area (Å²) in [4.78, 5) is 156. The summed E-state index contributed by atoms with van der Waals surface area (Å²) in [7, 11) is 6.08. The maximum Gasteiger partial charge on any atom is 0.410 e. The lowest BCUT2D eigenvalue weighted by Gasteiger charge is -2.41. The molecule has 2 heterocycles. The number of likely N-dealkylation sites (tertiary alicyclic amines) is 2. The summed E-state index contributed by atoms with van der Waals surface area (Å²) >= 11 is 1.37. The SMILES string of the molecule is CC[C@H](C)[C@@H]([C@@H](CC(=O)N1CCCC1[C@H](OC)[C@@H](C)C(=O)N[C@H](C)[C@@H](O)c1ccccc1)OC)N(C)C(=O)[C@@H](NC(=O)[C@H](C(C)C)N(C)C(=O)OCc1ccc(NC(=O)[C@H](CCCNC(N)=O)NC(=O)[C@@H](NC(=O)CCCCCN2C(=O)CC(Sc3ccccc3)C2=O)C(C)C)cc1)C(C)C. The van der Waals surface area contributed by atoms with Crippen molar-refractivity contribution in [2.24, 2.45) is 35.3 Å². The van der Waals surface area contributed by atoms with Crippen molar-refractivity contribution >= 4 is 82.7 Å². The number of carbonyl (C=O) groups excluding carboxylic acids is 11. The van der Waals surface area contributed by atoms with Gasteiger partial charge in [0.1, 0.15) is 30.8 Å². The molecule has 2 aliphatic heterocycles. The minimum atomic E-state index is -1.12. The van der Waals surface area contributed by atoms with Crippen molar-refractivity contribution in [1.29, 1.82) is 0 Å². The maximum absolute atomic E-state index is 14.8. The Kier molecular flexibility index (Phi) is 34.0. The van der Waals surface area contributed by atoms with E-state index in [1.165, 1.54) is 42.8 Å². The van der Waals surface area contributed by atoms with Gasteiger partial charge in [0.2, 0.25) is 53.2 Å². The first-order valence-corrected chi connectivity index (χ1v) is 36.3. The molecular formula is C74H111N11O15S. The van der Waals surface area contributed by atoms with Crippen LogP contribution < -0.4 is 37.6 Å². The van der Waals surface area contributed by atoms with Gasteiger partial charge in [0.15, 0.2) is 0 Å². The number of ether oxygens (including phenoxy) is 3. The third kappa shape index (κ3) is 24.5. The first-order chi connectivity index (χ1) is 47.9. The van der Waals surface area contributed by atoms with Gasteiger partial charge in [-0.1, -0.05) is 136 Å². The monoisotopic (exact) mass is 1430 g/mol. The zero-order valence-electron chi connectivity index (χ0n) is 61.4. The average Bonchev–Trinajstić information content (AvgIpc) is 1.80. The molecule has 0 aliphatic carbocycles. The number of aliphatic hydroxyl groups excluding tert-OH is 1. The molecule has 13 atom stereocenters. The van der Waals surface area contributed by atoms with Gasteiger partial charge in [-0.05, 0) is 105 Å². The predicted molar refractivity (Wildman–Crippen MR) is 385 cm³/mol. The molecule has 0 saturated carbocycles. The fourth-order valence-corrected chi connectivity index (χ4v) is 14.2. The Morgan fingerprint density at radius 2 is 1.36 bits per heavy atom. The van der Waals surface area contributed by atoms with Gasteiger partial charge in [0.25, 0.3) is 0 Å². The van der Waals surface area contributed by atoms with Crippen molar-refractivity contribution in [3.8, 4) is 0 Å². The van der Waals surface area contributed by atoms with E-state index in [0.717, 1.165) is 4.90 Å². The second-order valence-corrected chi connectivity index (χ2v) is 28.9. The van der Waals surface area contributed by atoms with Gasteiger partial charge in [0, 0.05) is 71.4 Å². The zero-order valence-corrected chi connectivity index (χ0v) is 62.2. The van der Waals surface area contributed by atoms with Crippen LogP contribution in [0.5, 0.6) is 0 Å². The number of likely N-dealkylation sites (N-methyl/N-ethyl adjacent to an activating group) is 2. The number of amides is 12. The number of aliphatic hydroxyl groups is 1. The number of methoxy groups -OCH3 is 2. The van der Waals surface area contributed by atoms with E-state index in [9.17, 15) is 57.8 Å². The topological polar surface area (TPSA) is 347 Å². The lowest BCUT2D eigenvalue weighted by Crippen LogP contribution is -2.60. The van der Waals surface area contributed by atoms with Gasteiger partial charge < -0.3 is 66.8 Å². The van der Waals surface area contributed by atoms with Crippen LogP contribution in [0.15, 0.2) is 89.8 Å². The zero-order chi connectivity index (χ0) is 74.8. The van der Waals surface area contributed by atoms with Crippen LogP contribution in [0.4, 0.5) is 15.3 Å². The third-order valence-corrected chi connectivity index (χ3v) is 20.2. The molecule has 2 unspecified atom stereocenters. The second kappa shape index (κ2) is 41.1. The smallest absolute Gasteiger partial charge is 0.410 e. The lowest BCUT2D eigenvalue weighted by atomic mass is 9.89. The number of hydrogen-bond acceptors (Lipinski definition) is 16. The summed E-state index contributed by atoms with van der Waals surface area (Å²) in [5, 5.41) is 27.2. The number of anilines is 1. The summed E-state index contributed by atoms with van der Waals surface area (Å²) in [5.74, 6) is -5.74. The molecular weight excluding hydrogens is 1310 g/mol. The Hall–Kier alpha value is -8.14. The molecule has 2 saturated heterocycles. The minimum Gasteiger partial charge on any atom is -0.445 e. The van der Waals surface area contributed by atoms with Crippen LogP contribution in [-0.2, 0) is 64.0 Å². The Balaban J connectivity index is 1.15. The van der Waals surface area contributed by atoms with Crippen molar-refractivity contribution in [3.05, 3.63) is 96.1 Å². The van der Waals surface area contributed by atoms with E-state index in [1.54, 1.807) is 109 Å². The van der Waals surface area contributed by atoms with E-state index in [2.05, 4.69) is 31.9 Å². The highest BCUT2D eigenvalue weighted by Gasteiger charge is 2.45. The lowest BCUT2D eigenvalue weighted by molar-refractivity contribution is -0.148. The quantitative estimate of drug-likeness (QED) is 0.0208. The fourth-order valence-electron chi connectivity index (χ4n) is 13.1. The van der Waals surface area contributed by atoms with Crippen molar-refractivity contribution in [2.75, 3.05) is 53.3 Å². The number of nitrogens with one attached hydrogen (secondary N) is 6. The Bertz CT molecular complexity index is 3220. The number of nitrogens with two attached hydrogens (primary N) is 1. The average molecular weight is 1430 g/mol. The molecule has 0 bridgehead atoms. The van der Waals surface area contributed by atoms with Crippen LogP contribution >= 0.6 is 11.8 Å². The van der Waals surface area contributed by atoms with Crippen LogP contribution in [0.2, 0.25) is 0 Å². The fraction of sp³-hybridized carbons (Fsp3) is 0.608. The molecule has 558 valence electrons. The van der Waals surface area contributed by atoms with Gasteiger partial charge in [-0.15, -0.1) is 11.8 Å². The van der Waals surface area contributed by atoms with Crippen molar-refractivity contribution in [3.63, 3.8) is 0 Å². The highest BCUT2D eigenvalue weighted by atomic mass is 32.2. The van der Waals surface area contributed by atoms with Gasteiger partial charge in [0.05, 0.1) is 54.0 Å². The minimum absolute atomic E-state index is 0.0802. The van der Waals surface area contributed by atoms with E-state index in [0.29, 0.717) is 61.9 Å². The summed E-state index contributed by atoms with van der Waals surface area (Å²) < 4.78 is 17.8. The predicted octanol–water partition coefficient (Wildman–Crippen LogP) is 7.07. The molecule has 2 fully saturated rings. The number of benzene rings is 3. The molecule has 27 heteroatoms. The van der Waals surface area contributed by atoms with Gasteiger partial charge >= 0.3 is 12.1 Å². The number of imide groups is 1. The highest BCUT2D eigenvalue weighted by Crippen LogP contribution is 2.33. The van der Waals surface area contributed by atoms with Crippen molar-refractivity contribution < 1.29 is 72.1 Å². The van der Waals surface area contributed by atoms with E-state index < -0.39 is 119 Å². The van der Waals surface area contributed by atoms with Crippen molar-refractivity contribution in [2.45, 2.75) is 217 Å². The molecule has 101 heavy (non-hydrogen) atoms. The molecule has 0 spiro atoms. The maximum atomic E-state index is 14.8. The number of hydrogen-bond donors (Lipinski definition) is 8. The first kappa shape index (κ1) is 83.5. The molecule has 0 radical (unpaired) electrons. The molecule has 3 aromatic rings. The largest absolute Gasteiger partial charge is 0.445 e. The van der Waals surface area contributed by atoms with Gasteiger partial charge in [-0.25, -0.2) is 9.59 Å². The number of primary amides is 1. The van der Waals surface area contributed by atoms with E-state index in [1.807, 2.05) is 62.4 Å². The summed E-state index contributed by atoms with van der Waals surface area (Å²) in [6.07, 6.45) is 0.611. The number of carbonyl (C=O) groups is 11. The van der Waals surface area contributed by atoms with Gasteiger partial charge in [-0.2, -0.15) is 0 Å². The number of rotatable bonds is 40. The summed E-state index contributed by atoms with van der Waals surface area (Å²) in [6.45, 7) is 18.6. The van der Waals surface area contributed by atoms with E-state index in [-0.39, 0.29) is 93.2 Å². The van der Waals surface area contributed by atoms with Crippen LogP contribution in [0.1, 0.15) is 157 Å². The standard InChI is InChI=1S/C74H111N11O15S/c1-15-47(8)64(56(98-13)41-59(87)84-40-26-32-55(84)66(99-14)48(9)67(90)77-49(10)65(89)51-27-19-16-20-28-51)82(11)72(95)62(45(4)5)81-70(93)63(46(6)7)83(12)74(97)100-43-50-34-36-52(37-35-50)78-68(91)54(31-25-38-76-73(75)96)79-69(92)61(44(2)3)80-58(86)33-23-18-24-39-85-60(88)42-57(71(85)94)101-53-29-21-17-22-30-53/h16-17,19-22,27-30,34-37,44-49,54-57,61-66,89H,15,18,23-26,31-33,38-43H2,1-14H3,(H,77,90)(H,78,91)(H,79,92)(H,80,86)(H,81,93)(H3,75,76,96)/t47-,48+,49+,54-,55?,56+,57?,61-,62-,63-,64-,65+,66+/m0/s1. The van der Waals surface area contributed by atoms with Crippen LogP contribution in [0.3, 0.4) is 0 Å². The molecule has 26 nitrogen and oxygen atoms in total. The third-order valence-electron chi connectivity index (χ3n) is 19.0. The molecule has 12 amide bonds. The highest BCUT2D eigenvalue weighted by molar-refractivity contribution is 8.00. The van der Waals surface area contributed by atoms with Gasteiger partial charge in [-0.3, -0.25) is 53.0 Å². The number of urea groups is 1. The Morgan fingerprint density at radius 1 is 0.713 bits per heavy atom. The van der Waals surface area contributed by atoms with E-state index >= 15 is 0 Å². The number of nitrogens with zero attached hydrogens (tertiary/aromatic N) is 4. The van der Waals surface area contributed by atoms with Crippen LogP contribution in [-0.4, -0.2) is 198 Å². The normalized spacial score (nSPS) is 17.9. The second-order valence-electron chi connectivity index (χ2n) is 27.6. The molecule has 3 aromatic carbocycles. The molecule has 2 aliphatic rings. The van der Waals surface area contributed by atoms with Crippen molar-refractivity contribution in [1.82, 2.24) is 46.2 Å². The molecule has 0 aromatic heterocycles. The first-order valence-electron chi connectivity index (χ1n) is 35.4. The van der Waals surface area contributed by atoms with Crippen LogP contribution in [0.25, 0.3) is 0 Å². The van der Waals surface area contributed by atoms with Crippen LogP contribution in [0, 0.1) is 29.6 Å². The van der Waals surface area contributed by atoms with E-state index in [4.69, 9.17) is 19.9 Å². The molecule has 9 N–H and O–H groups in total. The Labute approximate surface area is 600 Å². The number of unbranched alkanes of at least 4 members (excludes halogenated alkanes) is 2. The Morgan fingerprint density at radius 3 is 1.95 bits per heavy atom.